The highest BCUT2D eigenvalue weighted by Gasteiger charge is 2.23. The van der Waals surface area contributed by atoms with Gasteiger partial charge in [0.2, 0.25) is 5.95 Å². The number of hydrogen-bond acceptors (Lipinski definition) is 4. The van der Waals surface area contributed by atoms with E-state index in [4.69, 9.17) is 15.0 Å². The second-order valence-corrected chi connectivity index (χ2v) is 15.5. The molecule has 8 aromatic carbocycles. The molecular weight excluding hydrogens is 715 g/mol. The van der Waals surface area contributed by atoms with Gasteiger partial charge < -0.3 is 4.57 Å². The SMILES string of the molecule is c1ccc(-c2nc(-c3cccc(-c4cccc5c4sc4ccccc45)c3)nc(-n3c4ccccc4c4ccc5c6ccccc6n(-c6ccccc6)c5c43)n2)cc1. The summed E-state index contributed by atoms with van der Waals surface area (Å²) in [5, 5.41) is 7.21. The summed E-state index contributed by atoms with van der Waals surface area (Å²) in [5.74, 6) is 1.81. The van der Waals surface area contributed by atoms with E-state index in [2.05, 4.69) is 179 Å². The zero-order valence-electron chi connectivity index (χ0n) is 30.5. The molecule has 0 aliphatic heterocycles. The molecule has 4 heterocycles. The highest BCUT2D eigenvalue weighted by atomic mass is 32.1. The van der Waals surface area contributed by atoms with Crippen LogP contribution in [0.5, 0.6) is 0 Å². The van der Waals surface area contributed by atoms with Gasteiger partial charge in [-0.05, 0) is 47.5 Å². The molecule has 6 heteroatoms. The van der Waals surface area contributed by atoms with E-state index in [1.807, 2.05) is 29.5 Å². The minimum absolute atomic E-state index is 0.569. The predicted molar refractivity (Wildman–Crippen MR) is 238 cm³/mol. The van der Waals surface area contributed by atoms with Gasteiger partial charge in [-0.25, -0.2) is 4.98 Å². The average Bonchev–Trinajstić information content (AvgIpc) is 3.95. The third kappa shape index (κ3) is 4.91. The first-order valence-corrected chi connectivity index (χ1v) is 19.9. The van der Waals surface area contributed by atoms with Gasteiger partial charge >= 0.3 is 0 Å². The summed E-state index contributed by atoms with van der Waals surface area (Å²) >= 11 is 1.84. The Labute approximate surface area is 331 Å². The van der Waals surface area contributed by atoms with Gasteiger partial charge in [0, 0.05) is 58.5 Å². The fourth-order valence-electron chi connectivity index (χ4n) is 8.66. The first-order valence-electron chi connectivity index (χ1n) is 19.1. The van der Waals surface area contributed by atoms with Crippen LogP contribution in [0.2, 0.25) is 0 Å². The minimum atomic E-state index is 0.569. The van der Waals surface area contributed by atoms with Crippen LogP contribution in [0.15, 0.2) is 188 Å². The minimum Gasteiger partial charge on any atom is -0.307 e. The molecule has 5 nitrogen and oxygen atoms in total. The molecule has 12 aromatic rings. The molecule has 0 bridgehead atoms. The molecule has 4 aromatic heterocycles. The summed E-state index contributed by atoms with van der Waals surface area (Å²) in [5.41, 5.74) is 9.62. The first-order chi connectivity index (χ1) is 28.3. The van der Waals surface area contributed by atoms with Crippen LogP contribution in [-0.2, 0) is 0 Å². The Bertz CT molecular complexity index is 3520. The van der Waals surface area contributed by atoms with Crippen molar-refractivity contribution >= 4 is 75.1 Å². The van der Waals surface area contributed by atoms with Gasteiger partial charge in [0.1, 0.15) is 0 Å². The van der Waals surface area contributed by atoms with Crippen LogP contribution in [0, 0.1) is 0 Å². The Morgan fingerprint density at radius 2 is 0.912 bits per heavy atom. The second kappa shape index (κ2) is 12.6. The molecule has 0 fully saturated rings. The predicted octanol–water partition coefficient (Wildman–Crippen LogP) is 13.4. The van der Waals surface area contributed by atoms with Crippen LogP contribution in [0.25, 0.3) is 109 Å². The van der Waals surface area contributed by atoms with Crippen molar-refractivity contribution in [2.75, 3.05) is 0 Å². The molecule has 57 heavy (non-hydrogen) atoms. The van der Waals surface area contributed by atoms with Gasteiger partial charge in [0.25, 0.3) is 0 Å². The number of thiophene rings is 1. The fourth-order valence-corrected chi connectivity index (χ4v) is 9.90. The van der Waals surface area contributed by atoms with E-state index in [-0.39, 0.29) is 0 Å². The lowest BCUT2D eigenvalue weighted by Gasteiger charge is -2.13. The van der Waals surface area contributed by atoms with Crippen molar-refractivity contribution in [2.24, 2.45) is 0 Å². The van der Waals surface area contributed by atoms with E-state index >= 15 is 0 Å². The molecule has 0 spiro atoms. The van der Waals surface area contributed by atoms with Gasteiger partial charge in [0.15, 0.2) is 11.6 Å². The molecule has 0 aliphatic carbocycles. The lowest BCUT2D eigenvalue weighted by atomic mass is 10.0. The number of benzene rings is 8. The maximum absolute atomic E-state index is 5.40. The van der Waals surface area contributed by atoms with E-state index in [9.17, 15) is 0 Å². The van der Waals surface area contributed by atoms with E-state index in [0.29, 0.717) is 17.6 Å². The van der Waals surface area contributed by atoms with Crippen LogP contribution >= 0.6 is 11.3 Å². The lowest BCUT2D eigenvalue weighted by Crippen LogP contribution is -2.07. The fraction of sp³-hybridized carbons (Fsp3) is 0. The Morgan fingerprint density at radius 1 is 0.368 bits per heavy atom. The molecule has 0 unspecified atom stereocenters. The molecule has 12 rings (SSSR count). The highest BCUT2D eigenvalue weighted by Crippen LogP contribution is 2.43. The Balaban J connectivity index is 1.15. The van der Waals surface area contributed by atoms with E-state index in [1.54, 1.807) is 0 Å². The normalized spacial score (nSPS) is 11.9. The van der Waals surface area contributed by atoms with Crippen molar-refractivity contribution < 1.29 is 0 Å². The van der Waals surface area contributed by atoms with E-state index in [1.165, 1.54) is 36.5 Å². The molecule has 0 atom stereocenters. The summed E-state index contributed by atoms with van der Waals surface area (Å²) in [6.45, 7) is 0. The van der Waals surface area contributed by atoms with E-state index in [0.717, 1.165) is 55.2 Å². The molecule has 0 N–H and O–H groups in total. The molecule has 266 valence electrons. The second-order valence-electron chi connectivity index (χ2n) is 14.4. The van der Waals surface area contributed by atoms with Gasteiger partial charge in [-0.1, -0.05) is 152 Å². The number of nitrogens with zero attached hydrogens (tertiary/aromatic N) is 5. The highest BCUT2D eigenvalue weighted by molar-refractivity contribution is 7.26. The Kier molecular flexibility index (Phi) is 7.03. The van der Waals surface area contributed by atoms with Gasteiger partial charge in [-0.3, -0.25) is 4.57 Å². The standard InChI is InChI=1S/C51H31N5S/c1-3-15-32(16-4-1)49-52-50(34-18-13-17-33(31-34)36-24-14-25-42-39-23-9-12-28-45(39)57-48(36)42)54-51(53-49)56-44-27-11-8-22-38(44)41-30-29-40-37-21-7-10-26-43(37)55(46(40)47(41)56)35-19-5-2-6-20-35/h1-31H. The maximum atomic E-state index is 5.40. The molecule has 0 radical (unpaired) electrons. The third-order valence-corrected chi connectivity index (χ3v) is 12.4. The number of rotatable bonds is 5. The quantitative estimate of drug-likeness (QED) is 0.176. The maximum Gasteiger partial charge on any atom is 0.238 e. The first kappa shape index (κ1) is 31.9. The van der Waals surface area contributed by atoms with Gasteiger partial charge in [-0.15, -0.1) is 11.3 Å². The van der Waals surface area contributed by atoms with Crippen LogP contribution in [0.4, 0.5) is 0 Å². The number of fused-ring (bicyclic) bond motifs is 10. The van der Waals surface area contributed by atoms with Crippen molar-refractivity contribution in [3.63, 3.8) is 0 Å². The number of aromatic nitrogens is 5. The van der Waals surface area contributed by atoms with Gasteiger partial charge in [0.05, 0.1) is 22.1 Å². The molecule has 0 amide bonds. The molecular formula is C51H31N5S. The van der Waals surface area contributed by atoms with Gasteiger partial charge in [-0.2, -0.15) is 9.97 Å². The number of para-hydroxylation sites is 3. The largest absolute Gasteiger partial charge is 0.307 e. The summed E-state index contributed by atoms with van der Waals surface area (Å²) in [6.07, 6.45) is 0. The average molecular weight is 746 g/mol. The van der Waals surface area contributed by atoms with Crippen molar-refractivity contribution in [1.82, 2.24) is 24.1 Å². The van der Waals surface area contributed by atoms with Crippen molar-refractivity contribution in [3.05, 3.63) is 188 Å². The van der Waals surface area contributed by atoms with Crippen molar-refractivity contribution in [3.8, 4) is 45.5 Å². The van der Waals surface area contributed by atoms with E-state index < -0.39 is 0 Å². The zero-order valence-corrected chi connectivity index (χ0v) is 31.4. The summed E-state index contributed by atoms with van der Waals surface area (Å²) < 4.78 is 7.21. The Hall–Kier alpha value is -7.41. The van der Waals surface area contributed by atoms with Crippen LogP contribution in [0.3, 0.4) is 0 Å². The lowest BCUT2D eigenvalue weighted by molar-refractivity contribution is 0.953. The van der Waals surface area contributed by atoms with Crippen molar-refractivity contribution in [1.29, 1.82) is 0 Å². The number of hydrogen-bond donors (Lipinski definition) is 0. The summed E-state index contributed by atoms with van der Waals surface area (Å²) in [6, 6.07) is 66.6. The smallest absolute Gasteiger partial charge is 0.238 e. The summed E-state index contributed by atoms with van der Waals surface area (Å²) in [4.78, 5) is 15.9. The zero-order chi connectivity index (χ0) is 37.5. The molecule has 0 saturated carbocycles. The molecule has 0 saturated heterocycles. The molecule has 0 aliphatic rings. The van der Waals surface area contributed by atoms with Crippen LogP contribution in [0.1, 0.15) is 0 Å². The van der Waals surface area contributed by atoms with Crippen molar-refractivity contribution in [2.45, 2.75) is 0 Å². The van der Waals surface area contributed by atoms with Crippen LogP contribution in [-0.4, -0.2) is 24.1 Å². The summed E-state index contributed by atoms with van der Waals surface area (Å²) in [7, 11) is 0. The topological polar surface area (TPSA) is 48.5 Å². The third-order valence-electron chi connectivity index (χ3n) is 11.2. The Morgan fingerprint density at radius 3 is 1.67 bits per heavy atom. The monoisotopic (exact) mass is 745 g/mol. The van der Waals surface area contributed by atoms with Crippen LogP contribution < -0.4 is 0 Å².